The molecule has 0 aromatic carbocycles. The first kappa shape index (κ1) is 12.7. The lowest BCUT2D eigenvalue weighted by molar-refractivity contribution is 0.0952. The van der Waals surface area contributed by atoms with Gasteiger partial charge in [-0.25, -0.2) is 5.84 Å². The first-order chi connectivity index (χ1) is 8.60. The zero-order valence-electron chi connectivity index (χ0n) is 9.89. The zero-order valence-corrected chi connectivity index (χ0v) is 10.7. The van der Waals surface area contributed by atoms with Crippen molar-refractivity contribution in [3.05, 3.63) is 29.0 Å². The van der Waals surface area contributed by atoms with Crippen LogP contribution in [0.2, 0.25) is 0 Å². The number of rotatable bonds is 4. The summed E-state index contributed by atoms with van der Waals surface area (Å²) in [7, 11) is 0. The predicted molar refractivity (Wildman–Crippen MR) is 63.7 cm³/mol. The predicted octanol–water partition coefficient (Wildman–Crippen LogP) is 1.18. The third-order valence-corrected chi connectivity index (χ3v) is 3.03. The molecule has 2 aromatic rings. The fraction of sp³-hybridized carbons (Fsp3) is 0.300. The van der Waals surface area contributed by atoms with E-state index < -0.39 is 0 Å². The molecule has 2 aromatic heterocycles. The number of amides is 1. The molecule has 0 saturated heterocycles. The van der Waals surface area contributed by atoms with Crippen LogP contribution in [0.3, 0.4) is 0 Å². The Morgan fingerprint density at radius 2 is 2.22 bits per heavy atom. The summed E-state index contributed by atoms with van der Waals surface area (Å²) in [4.78, 5) is 11.4. The van der Waals surface area contributed by atoms with Crippen molar-refractivity contribution in [3.8, 4) is 0 Å². The van der Waals surface area contributed by atoms with E-state index in [1.807, 2.05) is 0 Å². The molecule has 0 saturated carbocycles. The van der Waals surface area contributed by atoms with E-state index in [9.17, 15) is 4.79 Å². The maximum absolute atomic E-state index is 11.4. The van der Waals surface area contributed by atoms with Gasteiger partial charge in [0.1, 0.15) is 11.5 Å². The summed E-state index contributed by atoms with van der Waals surface area (Å²) in [6.45, 7) is 3.42. The molecule has 1 amide bonds. The SMILES string of the molecule is Cc1nnc(SCc2cc(C(=O)NN)c(C)o2)o1. The van der Waals surface area contributed by atoms with E-state index in [1.165, 1.54) is 11.8 Å². The number of nitrogens with zero attached hydrogens (tertiary/aromatic N) is 2. The van der Waals surface area contributed by atoms with Gasteiger partial charge in [-0.1, -0.05) is 11.8 Å². The van der Waals surface area contributed by atoms with Crippen molar-refractivity contribution in [2.45, 2.75) is 24.8 Å². The van der Waals surface area contributed by atoms with Crippen LogP contribution in [0.5, 0.6) is 0 Å². The highest BCUT2D eigenvalue weighted by Crippen LogP contribution is 2.24. The Morgan fingerprint density at radius 3 is 2.83 bits per heavy atom. The molecule has 0 aliphatic heterocycles. The molecule has 3 N–H and O–H groups in total. The van der Waals surface area contributed by atoms with Gasteiger partial charge in [0.2, 0.25) is 5.89 Å². The third kappa shape index (κ3) is 2.71. The molecule has 0 bridgehead atoms. The van der Waals surface area contributed by atoms with E-state index in [2.05, 4.69) is 15.6 Å². The van der Waals surface area contributed by atoms with Gasteiger partial charge in [-0.3, -0.25) is 10.2 Å². The van der Waals surface area contributed by atoms with Gasteiger partial charge < -0.3 is 8.83 Å². The molecule has 96 valence electrons. The van der Waals surface area contributed by atoms with Crippen molar-refractivity contribution in [3.63, 3.8) is 0 Å². The maximum atomic E-state index is 11.4. The molecule has 0 unspecified atom stereocenters. The van der Waals surface area contributed by atoms with Gasteiger partial charge >= 0.3 is 0 Å². The summed E-state index contributed by atoms with van der Waals surface area (Å²) >= 11 is 1.34. The van der Waals surface area contributed by atoms with Gasteiger partial charge in [-0.2, -0.15) is 0 Å². The molecule has 0 fully saturated rings. The number of nitrogen functional groups attached to an aromatic ring is 1. The number of furan rings is 1. The monoisotopic (exact) mass is 268 g/mol. The molecule has 0 atom stereocenters. The summed E-state index contributed by atoms with van der Waals surface area (Å²) in [5.41, 5.74) is 2.49. The highest BCUT2D eigenvalue weighted by molar-refractivity contribution is 7.98. The Hall–Kier alpha value is -1.80. The third-order valence-electron chi connectivity index (χ3n) is 2.19. The molecular weight excluding hydrogens is 256 g/mol. The van der Waals surface area contributed by atoms with E-state index in [0.717, 1.165) is 0 Å². The lowest BCUT2D eigenvalue weighted by Crippen LogP contribution is -2.30. The molecule has 0 aliphatic rings. The van der Waals surface area contributed by atoms with Gasteiger partial charge in [0.05, 0.1) is 11.3 Å². The second kappa shape index (κ2) is 5.23. The number of hydrogen-bond donors (Lipinski definition) is 2. The average molecular weight is 268 g/mol. The van der Waals surface area contributed by atoms with Crippen LogP contribution >= 0.6 is 11.8 Å². The summed E-state index contributed by atoms with van der Waals surface area (Å²) in [5.74, 6) is 6.88. The lowest BCUT2D eigenvalue weighted by Gasteiger charge is -1.93. The van der Waals surface area contributed by atoms with E-state index in [1.54, 1.807) is 19.9 Å². The normalized spacial score (nSPS) is 10.6. The Bertz CT molecular complexity index is 563. The Kier molecular flexibility index (Phi) is 3.68. The van der Waals surface area contributed by atoms with Crippen LogP contribution in [0.15, 0.2) is 20.1 Å². The van der Waals surface area contributed by atoms with Gasteiger partial charge in [0.15, 0.2) is 0 Å². The minimum atomic E-state index is -0.374. The number of carbonyl (C=O) groups excluding carboxylic acids is 1. The number of nitrogens with two attached hydrogens (primary N) is 1. The van der Waals surface area contributed by atoms with Crippen LogP contribution in [0.4, 0.5) is 0 Å². The topological polar surface area (TPSA) is 107 Å². The van der Waals surface area contributed by atoms with Gasteiger partial charge in [0, 0.05) is 6.92 Å². The van der Waals surface area contributed by atoms with Gasteiger partial charge in [-0.05, 0) is 13.0 Å². The van der Waals surface area contributed by atoms with Crippen LogP contribution < -0.4 is 11.3 Å². The molecule has 2 heterocycles. The minimum Gasteiger partial charge on any atom is -0.465 e. The molecule has 0 spiro atoms. The summed E-state index contributed by atoms with van der Waals surface area (Å²) in [5, 5.41) is 8.03. The van der Waals surface area contributed by atoms with Crippen molar-refractivity contribution < 1.29 is 13.6 Å². The fourth-order valence-electron chi connectivity index (χ4n) is 1.39. The summed E-state index contributed by atoms with van der Waals surface area (Å²) < 4.78 is 10.6. The van der Waals surface area contributed by atoms with Gasteiger partial charge in [-0.15, -0.1) is 10.2 Å². The molecule has 2 rings (SSSR count). The molecule has 0 aliphatic carbocycles. The van der Waals surface area contributed by atoms with Crippen molar-refractivity contribution in [2.75, 3.05) is 0 Å². The Morgan fingerprint density at radius 1 is 1.44 bits per heavy atom. The smallest absolute Gasteiger partial charge is 0.277 e. The number of nitrogens with one attached hydrogen (secondary N) is 1. The molecule has 7 nitrogen and oxygen atoms in total. The van der Waals surface area contributed by atoms with Crippen LogP contribution in [0, 0.1) is 13.8 Å². The standard InChI is InChI=1S/C10H12N4O3S/c1-5-8(9(15)12-11)3-7(16-5)4-18-10-14-13-6(2)17-10/h3H,4,11H2,1-2H3,(H,12,15). The summed E-state index contributed by atoms with van der Waals surface area (Å²) in [6.07, 6.45) is 0. The highest BCUT2D eigenvalue weighted by atomic mass is 32.2. The van der Waals surface area contributed by atoms with Crippen LogP contribution in [0.1, 0.15) is 27.8 Å². The largest absolute Gasteiger partial charge is 0.465 e. The number of hydrogen-bond acceptors (Lipinski definition) is 7. The number of carbonyl (C=O) groups is 1. The fourth-order valence-corrected chi connectivity index (χ4v) is 2.07. The van der Waals surface area contributed by atoms with Crippen LogP contribution in [-0.2, 0) is 5.75 Å². The molecule has 0 radical (unpaired) electrons. The first-order valence-corrected chi connectivity index (χ1v) is 6.12. The minimum absolute atomic E-state index is 0.374. The van der Waals surface area contributed by atoms with Crippen LogP contribution in [-0.4, -0.2) is 16.1 Å². The van der Waals surface area contributed by atoms with Crippen molar-refractivity contribution >= 4 is 17.7 Å². The highest BCUT2D eigenvalue weighted by Gasteiger charge is 2.14. The van der Waals surface area contributed by atoms with E-state index >= 15 is 0 Å². The second-order valence-electron chi connectivity index (χ2n) is 3.53. The lowest BCUT2D eigenvalue weighted by atomic mass is 10.2. The summed E-state index contributed by atoms with van der Waals surface area (Å²) in [6, 6.07) is 1.65. The number of aryl methyl sites for hydroxylation is 2. The van der Waals surface area contributed by atoms with E-state index in [-0.39, 0.29) is 5.91 Å². The zero-order chi connectivity index (χ0) is 13.1. The van der Waals surface area contributed by atoms with E-state index in [0.29, 0.717) is 34.0 Å². The van der Waals surface area contributed by atoms with Gasteiger partial charge in [0.25, 0.3) is 11.1 Å². The van der Waals surface area contributed by atoms with Crippen molar-refractivity contribution in [2.24, 2.45) is 5.84 Å². The maximum Gasteiger partial charge on any atom is 0.277 e. The van der Waals surface area contributed by atoms with Crippen LogP contribution in [0.25, 0.3) is 0 Å². The van der Waals surface area contributed by atoms with Crippen molar-refractivity contribution in [1.29, 1.82) is 0 Å². The second-order valence-corrected chi connectivity index (χ2v) is 4.46. The van der Waals surface area contributed by atoms with Crippen molar-refractivity contribution in [1.82, 2.24) is 15.6 Å². The number of aromatic nitrogens is 2. The Balaban J connectivity index is 2.04. The van der Waals surface area contributed by atoms with E-state index in [4.69, 9.17) is 14.7 Å². The molecule has 18 heavy (non-hydrogen) atoms. The number of thioether (sulfide) groups is 1. The number of hydrazine groups is 1. The molecular formula is C10H12N4O3S. The average Bonchev–Trinajstić information content (AvgIpc) is 2.92. The molecule has 8 heteroatoms. The quantitative estimate of drug-likeness (QED) is 0.371. The Labute approximate surface area is 107 Å². The first-order valence-electron chi connectivity index (χ1n) is 5.13.